The van der Waals surface area contributed by atoms with Crippen LogP contribution in [0.5, 0.6) is 5.75 Å². The lowest BCUT2D eigenvalue weighted by Gasteiger charge is -2.04. The van der Waals surface area contributed by atoms with Crippen LogP contribution in [-0.4, -0.2) is 16.9 Å². The average molecular weight is 194 g/mol. The third-order valence-corrected chi connectivity index (χ3v) is 1.64. The summed E-state index contributed by atoms with van der Waals surface area (Å²) >= 11 is 0. The van der Waals surface area contributed by atoms with E-state index in [1.54, 1.807) is 18.2 Å². The van der Waals surface area contributed by atoms with Crippen LogP contribution in [0.15, 0.2) is 24.3 Å². The number of rotatable bonds is 3. The highest BCUT2D eigenvalue weighted by atomic mass is 16.5. The maximum Gasteiger partial charge on any atom is 0.374 e. The Kier molecular flexibility index (Phi) is 3.23. The Balaban J connectivity index is 2.58. The molecule has 1 aromatic carbocycles. The second-order valence-corrected chi connectivity index (χ2v) is 2.76. The molecule has 4 heteroatoms. The van der Waals surface area contributed by atoms with Crippen LogP contribution in [0.4, 0.5) is 0 Å². The number of Topliss-reactive ketones (excluding diaryl/α,β-unsaturated/α-hetero) is 1. The van der Waals surface area contributed by atoms with Crippen LogP contribution in [0.3, 0.4) is 0 Å². The van der Waals surface area contributed by atoms with E-state index in [0.717, 1.165) is 6.92 Å². The van der Waals surface area contributed by atoms with Gasteiger partial charge in [0.1, 0.15) is 12.4 Å². The molecule has 4 nitrogen and oxygen atoms in total. The van der Waals surface area contributed by atoms with Crippen molar-refractivity contribution in [1.29, 1.82) is 0 Å². The van der Waals surface area contributed by atoms with Gasteiger partial charge in [-0.25, -0.2) is 4.79 Å². The van der Waals surface area contributed by atoms with Gasteiger partial charge in [-0.2, -0.15) is 0 Å². The lowest BCUT2D eigenvalue weighted by molar-refractivity contribution is -0.153. The van der Waals surface area contributed by atoms with E-state index in [9.17, 15) is 14.7 Å². The van der Waals surface area contributed by atoms with Crippen molar-refractivity contribution < 1.29 is 19.4 Å². The lowest BCUT2D eigenvalue weighted by Crippen LogP contribution is -2.13. The Morgan fingerprint density at radius 1 is 1.36 bits per heavy atom. The number of aromatic hydroxyl groups is 1. The normalized spacial score (nSPS) is 9.50. The van der Waals surface area contributed by atoms with Crippen molar-refractivity contribution in [2.75, 3.05) is 0 Å². The molecule has 0 aliphatic heterocycles. The topological polar surface area (TPSA) is 63.6 Å². The summed E-state index contributed by atoms with van der Waals surface area (Å²) in [4.78, 5) is 21.3. The van der Waals surface area contributed by atoms with Crippen LogP contribution in [0, 0.1) is 0 Å². The predicted octanol–water partition coefficient (Wildman–Crippen LogP) is 1.02. The van der Waals surface area contributed by atoms with Crippen LogP contribution in [0.2, 0.25) is 0 Å². The number of hydrogen-bond donors (Lipinski definition) is 1. The van der Waals surface area contributed by atoms with Crippen LogP contribution in [0.25, 0.3) is 0 Å². The number of carbonyl (C=O) groups is 2. The van der Waals surface area contributed by atoms with Crippen molar-refractivity contribution >= 4 is 11.8 Å². The van der Waals surface area contributed by atoms with Gasteiger partial charge in [0.15, 0.2) is 0 Å². The van der Waals surface area contributed by atoms with Crippen molar-refractivity contribution in [2.24, 2.45) is 0 Å². The zero-order chi connectivity index (χ0) is 10.6. The summed E-state index contributed by atoms with van der Waals surface area (Å²) in [5.74, 6) is -1.50. The molecule has 0 amide bonds. The van der Waals surface area contributed by atoms with Gasteiger partial charge in [0.2, 0.25) is 5.78 Å². The van der Waals surface area contributed by atoms with Crippen molar-refractivity contribution in [2.45, 2.75) is 13.5 Å². The maximum absolute atomic E-state index is 10.8. The number of hydrogen-bond acceptors (Lipinski definition) is 4. The van der Waals surface area contributed by atoms with Gasteiger partial charge >= 0.3 is 5.97 Å². The SMILES string of the molecule is CC(=O)C(=O)OCc1ccccc1O. The Bertz CT molecular complexity index is 357. The quantitative estimate of drug-likeness (QED) is 0.576. The van der Waals surface area contributed by atoms with Crippen LogP contribution < -0.4 is 0 Å². The zero-order valence-electron chi connectivity index (χ0n) is 7.69. The van der Waals surface area contributed by atoms with Crippen LogP contribution in [0.1, 0.15) is 12.5 Å². The van der Waals surface area contributed by atoms with Gasteiger partial charge in [0.25, 0.3) is 0 Å². The monoisotopic (exact) mass is 194 g/mol. The largest absolute Gasteiger partial charge is 0.508 e. The first-order valence-corrected chi connectivity index (χ1v) is 4.06. The van der Waals surface area contributed by atoms with E-state index in [1.165, 1.54) is 6.07 Å². The summed E-state index contributed by atoms with van der Waals surface area (Å²) in [6, 6.07) is 6.46. The number of para-hydroxylation sites is 1. The van der Waals surface area contributed by atoms with Gasteiger partial charge in [-0.3, -0.25) is 4.79 Å². The van der Waals surface area contributed by atoms with E-state index in [2.05, 4.69) is 4.74 Å². The molecule has 0 radical (unpaired) electrons. The van der Waals surface area contributed by atoms with Crippen molar-refractivity contribution in [1.82, 2.24) is 0 Å². The molecule has 1 aromatic rings. The minimum Gasteiger partial charge on any atom is -0.508 e. The van der Waals surface area contributed by atoms with E-state index in [0.29, 0.717) is 5.56 Å². The third-order valence-electron chi connectivity index (χ3n) is 1.64. The fourth-order valence-electron chi connectivity index (χ4n) is 0.878. The first kappa shape index (κ1) is 10.2. The first-order valence-electron chi connectivity index (χ1n) is 4.06. The highest BCUT2D eigenvalue weighted by molar-refractivity contribution is 6.32. The number of esters is 1. The maximum atomic E-state index is 10.8. The van der Waals surface area contributed by atoms with E-state index in [4.69, 9.17) is 0 Å². The van der Waals surface area contributed by atoms with Crippen LogP contribution >= 0.6 is 0 Å². The van der Waals surface area contributed by atoms with E-state index >= 15 is 0 Å². The number of carbonyl (C=O) groups excluding carboxylic acids is 2. The molecule has 0 aromatic heterocycles. The zero-order valence-corrected chi connectivity index (χ0v) is 7.69. The molecule has 0 fully saturated rings. The van der Waals surface area contributed by atoms with Crippen molar-refractivity contribution in [3.05, 3.63) is 29.8 Å². The van der Waals surface area contributed by atoms with Crippen molar-refractivity contribution in [3.8, 4) is 5.75 Å². The number of ketones is 1. The molecule has 14 heavy (non-hydrogen) atoms. The molecule has 0 aliphatic rings. The molecule has 0 bridgehead atoms. The second-order valence-electron chi connectivity index (χ2n) is 2.76. The molecule has 1 N–H and O–H groups in total. The van der Waals surface area contributed by atoms with Gasteiger partial charge < -0.3 is 9.84 Å². The molecular weight excluding hydrogens is 184 g/mol. The van der Waals surface area contributed by atoms with E-state index in [1.807, 2.05) is 0 Å². The van der Waals surface area contributed by atoms with Crippen LogP contribution in [-0.2, 0) is 20.9 Å². The Morgan fingerprint density at radius 3 is 2.57 bits per heavy atom. The third kappa shape index (κ3) is 2.58. The average Bonchev–Trinajstić information content (AvgIpc) is 2.16. The summed E-state index contributed by atoms with van der Waals surface area (Å²) in [7, 11) is 0. The summed E-state index contributed by atoms with van der Waals surface area (Å²) in [6.45, 7) is 1.04. The minimum atomic E-state index is -0.895. The van der Waals surface area contributed by atoms with Gasteiger partial charge in [0, 0.05) is 12.5 Å². The molecular formula is C10H10O4. The number of benzene rings is 1. The van der Waals surface area contributed by atoms with E-state index < -0.39 is 11.8 Å². The molecule has 0 atom stereocenters. The molecule has 74 valence electrons. The van der Waals surface area contributed by atoms with E-state index in [-0.39, 0.29) is 12.4 Å². The Labute approximate surface area is 81.1 Å². The molecule has 0 unspecified atom stereocenters. The predicted molar refractivity (Wildman–Crippen MR) is 48.6 cm³/mol. The first-order chi connectivity index (χ1) is 6.61. The molecule has 0 heterocycles. The Hall–Kier alpha value is -1.84. The smallest absolute Gasteiger partial charge is 0.374 e. The molecule has 0 spiro atoms. The van der Waals surface area contributed by atoms with Gasteiger partial charge in [-0.1, -0.05) is 18.2 Å². The minimum absolute atomic E-state index is 0.0452. The fourth-order valence-corrected chi connectivity index (χ4v) is 0.878. The van der Waals surface area contributed by atoms with Gasteiger partial charge in [-0.15, -0.1) is 0 Å². The summed E-state index contributed by atoms with van der Waals surface area (Å²) in [5, 5.41) is 9.29. The fraction of sp³-hybridized carbons (Fsp3) is 0.200. The molecule has 0 saturated carbocycles. The summed E-state index contributed by atoms with van der Waals surface area (Å²) < 4.78 is 4.62. The number of ether oxygens (including phenoxy) is 1. The lowest BCUT2D eigenvalue weighted by atomic mass is 10.2. The number of phenolic OH excluding ortho intramolecular Hbond substituents is 1. The standard InChI is InChI=1S/C10H10O4/c1-7(11)10(13)14-6-8-4-2-3-5-9(8)12/h2-5,12H,6H2,1H3. The molecule has 1 rings (SSSR count). The molecule has 0 aliphatic carbocycles. The molecule has 0 saturated heterocycles. The van der Waals surface area contributed by atoms with Gasteiger partial charge in [-0.05, 0) is 6.07 Å². The second kappa shape index (κ2) is 4.41. The Morgan fingerprint density at radius 2 is 2.00 bits per heavy atom. The highest BCUT2D eigenvalue weighted by Crippen LogP contribution is 2.16. The summed E-state index contributed by atoms with van der Waals surface area (Å²) in [6.07, 6.45) is 0. The van der Waals surface area contributed by atoms with Gasteiger partial charge in [0.05, 0.1) is 0 Å². The number of phenols is 1. The van der Waals surface area contributed by atoms with Crippen molar-refractivity contribution in [3.63, 3.8) is 0 Å². The summed E-state index contributed by atoms with van der Waals surface area (Å²) in [5.41, 5.74) is 0.474. The highest BCUT2D eigenvalue weighted by Gasteiger charge is 2.09.